The van der Waals surface area contributed by atoms with E-state index in [0.29, 0.717) is 12.0 Å². The van der Waals surface area contributed by atoms with Gasteiger partial charge in [0.15, 0.2) is 5.96 Å². The number of nitrogens with one attached hydrogen (secondary N) is 4. The Morgan fingerprint density at radius 3 is 2.29 bits per heavy atom. The second-order valence-electron chi connectivity index (χ2n) is 9.72. The lowest BCUT2D eigenvalue weighted by atomic mass is 10.0. The molecule has 14 nitrogen and oxygen atoms in total. The number of fused-ring (bicyclic) bond motifs is 1. The molecule has 1 heterocycles. The van der Waals surface area contributed by atoms with Crippen LogP contribution >= 0.6 is 0 Å². The van der Waals surface area contributed by atoms with Gasteiger partial charge in [-0.1, -0.05) is 30.3 Å². The molecule has 3 unspecified atom stereocenters. The Kier molecular flexibility index (Phi) is 11.3. The van der Waals surface area contributed by atoms with E-state index in [-0.39, 0.29) is 37.5 Å². The van der Waals surface area contributed by atoms with Crippen molar-refractivity contribution in [2.24, 2.45) is 22.2 Å². The minimum absolute atomic E-state index is 0.0518. The van der Waals surface area contributed by atoms with Crippen molar-refractivity contribution in [3.63, 3.8) is 0 Å². The van der Waals surface area contributed by atoms with Gasteiger partial charge in [0, 0.05) is 30.1 Å². The number of aromatic amines is 1. The number of guanidine groups is 1. The van der Waals surface area contributed by atoms with Crippen molar-refractivity contribution >= 4 is 40.6 Å². The van der Waals surface area contributed by atoms with Crippen LogP contribution in [0.15, 0.2) is 59.7 Å². The first-order valence-electron chi connectivity index (χ1n) is 13.3. The molecule has 12 N–H and O–H groups in total. The highest BCUT2D eigenvalue weighted by atomic mass is 16.4. The fraction of sp³-hybridized carbons (Fsp3) is 0.321. The molecule has 3 atom stereocenters. The summed E-state index contributed by atoms with van der Waals surface area (Å²) in [6.45, 7) is -0.441. The number of aromatic nitrogens is 1. The molecule has 0 saturated heterocycles. The third kappa shape index (κ3) is 9.52. The first-order valence-corrected chi connectivity index (χ1v) is 13.3. The van der Waals surface area contributed by atoms with Gasteiger partial charge < -0.3 is 48.3 Å². The third-order valence-corrected chi connectivity index (χ3v) is 6.45. The summed E-state index contributed by atoms with van der Waals surface area (Å²) in [7, 11) is 0. The Balaban J connectivity index is 1.77. The van der Waals surface area contributed by atoms with Gasteiger partial charge in [0.1, 0.15) is 24.4 Å². The molecule has 14 heteroatoms. The fourth-order valence-corrected chi connectivity index (χ4v) is 4.32. The maximum absolute atomic E-state index is 13.5. The molecule has 0 bridgehead atoms. The van der Waals surface area contributed by atoms with E-state index in [1.165, 1.54) is 12.1 Å². The number of aromatic hydroxyl groups is 1. The number of carboxylic acids is 1. The molecule has 224 valence electrons. The molecular formula is C28H36N8O6. The number of benzene rings is 2. The molecular weight excluding hydrogens is 544 g/mol. The number of carbonyl (C=O) groups is 4. The summed E-state index contributed by atoms with van der Waals surface area (Å²) >= 11 is 0. The van der Waals surface area contributed by atoms with Crippen LogP contribution in [0, 0.1) is 0 Å². The smallest absolute Gasteiger partial charge is 0.322 e. The molecule has 0 aliphatic heterocycles. The van der Waals surface area contributed by atoms with Gasteiger partial charge >= 0.3 is 5.97 Å². The molecule has 3 aromatic rings. The number of hydrogen-bond donors (Lipinski definition) is 9. The lowest BCUT2D eigenvalue weighted by Crippen LogP contribution is -2.56. The highest BCUT2D eigenvalue weighted by Crippen LogP contribution is 2.19. The number of hydrogen-bond acceptors (Lipinski definition) is 7. The number of nitrogens with two attached hydrogens (primary N) is 3. The molecule has 0 radical (unpaired) electrons. The van der Waals surface area contributed by atoms with Gasteiger partial charge in [0.05, 0.1) is 6.04 Å². The van der Waals surface area contributed by atoms with Crippen molar-refractivity contribution in [2.45, 2.75) is 43.8 Å². The third-order valence-electron chi connectivity index (χ3n) is 6.45. The predicted molar refractivity (Wildman–Crippen MR) is 156 cm³/mol. The van der Waals surface area contributed by atoms with Gasteiger partial charge in [0.25, 0.3) is 0 Å². The number of H-pyrrole nitrogens is 1. The van der Waals surface area contributed by atoms with Crippen LogP contribution in [0.3, 0.4) is 0 Å². The van der Waals surface area contributed by atoms with E-state index in [4.69, 9.17) is 22.3 Å². The number of amides is 3. The average molecular weight is 581 g/mol. The van der Waals surface area contributed by atoms with Gasteiger partial charge in [-0.15, -0.1) is 0 Å². The topological polar surface area (TPSA) is 251 Å². The van der Waals surface area contributed by atoms with E-state index in [1.54, 1.807) is 18.3 Å². The van der Waals surface area contributed by atoms with E-state index in [0.717, 1.165) is 16.5 Å². The summed E-state index contributed by atoms with van der Waals surface area (Å²) < 4.78 is 0. The van der Waals surface area contributed by atoms with Gasteiger partial charge in [-0.3, -0.25) is 24.2 Å². The van der Waals surface area contributed by atoms with Crippen LogP contribution in [-0.4, -0.2) is 76.1 Å². The lowest BCUT2D eigenvalue weighted by Gasteiger charge is -2.24. The quantitative estimate of drug-likeness (QED) is 0.0619. The van der Waals surface area contributed by atoms with Gasteiger partial charge in [-0.2, -0.15) is 0 Å². The highest BCUT2D eigenvalue weighted by molar-refractivity contribution is 5.94. The van der Waals surface area contributed by atoms with Gasteiger partial charge in [-0.05, 0) is 48.6 Å². The van der Waals surface area contributed by atoms with Crippen LogP contribution in [0.5, 0.6) is 5.75 Å². The highest BCUT2D eigenvalue weighted by Gasteiger charge is 2.29. The molecule has 42 heavy (non-hydrogen) atoms. The number of aliphatic imine (C=N–C) groups is 1. The van der Waals surface area contributed by atoms with Crippen molar-refractivity contribution in [2.75, 3.05) is 13.1 Å². The number of carboxylic acid groups (broad SMARTS) is 1. The van der Waals surface area contributed by atoms with Crippen LogP contribution in [0.1, 0.15) is 24.0 Å². The maximum Gasteiger partial charge on any atom is 0.322 e. The standard InChI is InChI=1S/C28H36N8O6/c29-20(12-16-7-9-18(37)10-8-16)25(40)35-22(6-3-11-32-28(30)31)27(42)36-23(26(41)34-15-24(38)39)13-17-14-33-21-5-2-1-4-19(17)21/h1-2,4-5,7-10,14,20,22-23,33,37H,3,6,11-13,15,29H2,(H,34,41)(H,35,40)(H,36,42)(H,38,39)(H4,30,31,32). The molecule has 3 rings (SSSR count). The molecule has 2 aromatic carbocycles. The molecule has 3 amide bonds. The Bertz CT molecular complexity index is 1420. The van der Waals surface area contributed by atoms with E-state index < -0.39 is 48.4 Å². The zero-order chi connectivity index (χ0) is 30.6. The summed E-state index contributed by atoms with van der Waals surface area (Å²) in [5.74, 6) is -3.26. The predicted octanol–water partition coefficient (Wildman–Crippen LogP) is -0.790. The van der Waals surface area contributed by atoms with Gasteiger partial charge in [0.2, 0.25) is 17.7 Å². The summed E-state index contributed by atoms with van der Waals surface area (Å²) in [6, 6.07) is 10.4. The minimum Gasteiger partial charge on any atom is -0.508 e. The minimum atomic E-state index is -1.24. The second-order valence-corrected chi connectivity index (χ2v) is 9.72. The summed E-state index contributed by atoms with van der Waals surface area (Å²) in [4.78, 5) is 57.5. The monoisotopic (exact) mass is 580 g/mol. The normalized spacial score (nSPS) is 13.0. The molecule has 0 fully saturated rings. The average Bonchev–Trinajstić information content (AvgIpc) is 3.36. The SMILES string of the molecule is NC(N)=NCCCC(NC(=O)C(N)Cc1ccc(O)cc1)C(=O)NC(Cc1c[nH]c2ccccc12)C(=O)NCC(=O)O. The van der Waals surface area contributed by atoms with Crippen molar-refractivity contribution < 1.29 is 29.4 Å². The molecule has 0 aliphatic carbocycles. The van der Waals surface area contributed by atoms with Crippen LogP contribution in [0.4, 0.5) is 0 Å². The zero-order valence-corrected chi connectivity index (χ0v) is 22.9. The van der Waals surface area contributed by atoms with E-state index >= 15 is 0 Å². The number of para-hydroxylation sites is 1. The molecule has 1 aromatic heterocycles. The maximum atomic E-state index is 13.5. The van der Waals surface area contributed by atoms with Crippen molar-refractivity contribution in [1.82, 2.24) is 20.9 Å². The Morgan fingerprint density at radius 1 is 0.905 bits per heavy atom. The van der Waals surface area contributed by atoms with Crippen LogP contribution in [0.25, 0.3) is 10.9 Å². The first kappa shape index (κ1) is 31.4. The summed E-state index contributed by atoms with van der Waals surface area (Å²) in [6.07, 6.45) is 2.36. The number of phenolic OH excluding ortho intramolecular Hbond substituents is 1. The van der Waals surface area contributed by atoms with E-state index in [1.807, 2.05) is 24.3 Å². The number of rotatable bonds is 15. The summed E-state index contributed by atoms with van der Waals surface area (Å²) in [5.41, 5.74) is 19.1. The van der Waals surface area contributed by atoms with Crippen molar-refractivity contribution in [1.29, 1.82) is 0 Å². The number of phenols is 1. The van der Waals surface area contributed by atoms with Gasteiger partial charge in [-0.25, -0.2) is 0 Å². The molecule has 0 saturated carbocycles. The number of aliphatic carboxylic acids is 1. The van der Waals surface area contributed by atoms with Crippen LogP contribution < -0.4 is 33.2 Å². The number of carbonyl (C=O) groups excluding carboxylic acids is 3. The molecule has 0 spiro atoms. The largest absolute Gasteiger partial charge is 0.508 e. The summed E-state index contributed by atoms with van der Waals surface area (Å²) in [5, 5.41) is 27.0. The Morgan fingerprint density at radius 2 is 1.60 bits per heavy atom. The van der Waals surface area contributed by atoms with Crippen molar-refractivity contribution in [3.05, 3.63) is 65.9 Å². The van der Waals surface area contributed by atoms with Crippen LogP contribution in [0.2, 0.25) is 0 Å². The fourth-order valence-electron chi connectivity index (χ4n) is 4.32. The zero-order valence-electron chi connectivity index (χ0n) is 22.9. The number of nitrogens with zero attached hydrogens (tertiary/aromatic N) is 1. The van der Waals surface area contributed by atoms with Crippen LogP contribution in [-0.2, 0) is 32.0 Å². The Hall–Kier alpha value is -5.11. The van der Waals surface area contributed by atoms with E-state index in [2.05, 4.69) is 25.9 Å². The first-order chi connectivity index (χ1) is 20.0. The Labute approximate surface area is 241 Å². The molecule has 0 aliphatic rings. The van der Waals surface area contributed by atoms with Crippen molar-refractivity contribution in [3.8, 4) is 5.75 Å². The van der Waals surface area contributed by atoms with E-state index in [9.17, 15) is 24.3 Å². The lowest BCUT2D eigenvalue weighted by molar-refractivity contribution is -0.138. The second kappa shape index (κ2) is 15.0.